The Kier molecular flexibility index (Phi) is 4.24. The molecule has 3 rings (SSSR count). The van der Waals surface area contributed by atoms with Crippen molar-refractivity contribution in [2.45, 2.75) is 37.9 Å². The summed E-state index contributed by atoms with van der Waals surface area (Å²) in [6, 6.07) is 10.2. The maximum absolute atomic E-state index is 14.9. The number of amides is 1. The fraction of sp³-hybridized carbons (Fsp3) is 0.588. The SMILES string of the molecule is O=C(N1CCCC1)C1(F)CCN(Cc2ccccc2)CC1. The Balaban J connectivity index is 1.55. The quantitative estimate of drug-likeness (QED) is 0.854. The van der Waals surface area contributed by atoms with Crippen LogP contribution >= 0.6 is 0 Å². The minimum atomic E-state index is -1.63. The lowest BCUT2D eigenvalue weighted by molar-refractivity contribution is -0.146. The normalized spacial score (nSPS) is 22.4. The van der Waals surface area contributed by atoms with Crippen molar-refractivity contribution in [2.75, 3.05) is 26.2 Å². The van der Waals surface area contributed by atoms with Crippen molar-refractivity contribution < 1.29 is 9.18 Å². The van der Waals surface area contributed by atoms with Crippen LogP contribution in [0.3, 0.4) is 0 Å². The van der Waals surface area contributed by atoms with Crippen LogP contribution in [0.1, 0.15) is 31.2 Å². The van der Waals surface area contributed by atoms with Gasteiger partial charge in [-0.3, -0.25) is 9.69 Å². The lowest BCUT2D eigenvalue weighted by Crippen LogP contribution is -2.51. The minimum absolute atomic E-state index is 0.264. The van der Waals surface area contributed by atoms with Gasteiger partial charge in [0.25, 0.3) is 5.91 Å². The molecule has 0 aliphatic carbocycles. The van der Waals surface area contributed by atoms with Crippen molar-refractivity contribution >= 4 is 5.91 Å². The average molecular weight is 290 g/mol. The zero-order valence-corrected chi connectivity index (χ0v) is 12.4. The fourth-order valence-electron chi connectivity index (χ4n) is 3.32. The van der Waals surface area contributed by atoms with Crippen LogP contribution in [0.25, 0.3) is 0 Å². The van der Waals surface area contributed by atoms with Crippen molar-refractivity contribution in [3.05, 3.63) is 35.9 Å². The number of carbonyl (C=O) groups excluding carboxylic acids is 1. The topological polar surface area (TPSA) is 23.6 Å². The van der Waals surface area contributed by atoms with Crippen molar-refractivity contribution in [3.8, 4) is 0 Å². The van der Waals surface area contributed by atoms with Gasteiger partial charge in [0.15, 0.2) is 5.67 Å². The molecule has 2 saturated heterocycles. The van der Waals surface area contributed by atoms with Gasteiger partial charge in [-0.15, -0.1) is 0 Å². The van der Waals surface area contributed by atoms with Crippen LogP contribution in [-0.2, 0) is 11.3 Å². The molecule has 0 aromatic heterocycles. The van der Waals surface area contributed by atoms with Crippen LogP contribution in [0.15, 0.2) is 30.3 Å². The molecule has 1 aromatic carbocycles. The van der Waals surface area contributed by atoms with Crippen molar-refractivity contribution in [3.63, 3.8) is 0 Å². The highest BCUT2D eigenvalue weighted by Gasteiger charge is 2.44. The van der Waals surface area contributed by atoms with E-state index in [0.717, 1.165) is 32.5 Å². The standard InChI is InChI=1S/C17H23FN2O/c18-17(16(21)20-10-4-5-11-20)8-12-19(13-9-17)14-15-6-2-1-3-7-15/h1-3,6-7H,4-5,8-14H2. The van der Waals surface area contributed by atoms with Crippen molar-refractivity contribution in [1.29, 1.82) is 0 Å². The molecular formula is C17H23FN2O. The average Bonchev–Trinajstić information content (AvgIpc) is 3.04. The first-order valence-corrected chi connectivity index (χ1v) is 7.92. The van der Waals surface area contributed by atoms with Gasteiger partial charge in [-0.05, 0) is 18.4 Å². The number of carbonyl (C=O) groups is 1. The summed E-state index contributed by atoms with van der Waals surface area (Å²) in [4.78, 5) is 16.3. The molecule has 0 bridgehead atoms. The Morgan fingerprint density at radius 3 is 2.29 bits per heavy atom. The second kappa shape index (κ2) is 6.14. The van der Waals surface area contributed by atoms with E-state index in [0.29, 0.717) is 25.9 Å². The fourth-order valence-corrected chi connectivity index (χ4v) is 3.32. The Labute approximate surface area is 125 Å². The lowest BCUT2D eigenvalue weighted by Gasteiger charge is -2.37. The van der Waals surface area contributed by atoms with Crippen molar-refractivity contribution in [1.82, 2.24) is 9.80 Å². The summed E-state index contributed by atoms with van der Waals surface area (Å²) < 4.78 is 14.9. The van der Waals surface area contributed by atoms with E-state index in [1.165, 1.54) is 5.56 Å². The molecule has 114 valence electrons. The van der Waals surface area contributed by atoms with E-state index < -0.39 is 5.67 Å². The first kappa shape index (κ1) is 14.5. The van der Waals surface area contributed by atoms with Crippen LogP contribution in [0, 0.1) is 0 Å². The van der Waals surface area contributed by atoms with E-state index in [-0.39, 0.29) is 5.91 Å². The van der Waals surface area contributed by atoms with Crippen LogP contribution in [0.2, 0.25) is 0 Å². The number of likely N-dealkylation sites (tertiary alicyclic amines) is 2. The summed E-state index contributed by atoms with van der Waals surface area (Å²) in [5.41, 5.74) is -0.382. The summed E-state index contributed by atoms with van der Waals surface area (Å²) in [6.07, 6.45) is 2.69. The van der Waals surface area contributed by atoms with Crippen LogP contribution in [-0.4, -0.2) is 47.6 Å². The number of hydrogen-bond acceptors (Lipinski definition) is 2. The van der Waals surface area contributed by atoms with E-state index in [4.69, 9.17) is 0 Å². The number of rotatable bonds is 3. The molecule has 0 spiro atoms. The third-order valence-electron chi connectivity index (χ3n) is 4.67. The highest BCUT2D eigenvalue weighted by atomic mass is 19.1. The molecule has 0 unspecified atom stereocenters. The van der Waals surface area contributed by atoms with Gasteiger partial charge < -0.3 is 4.90 Å². The van der Waals surface area contributed by atoms with Gasteiger partial charge >= 0.3 is 0 Å². The van der Waals surface area contributed by atoms with E-state index in [9.17, 15) is 9.18 Å². The molecule has 2 fully saturated rings. The predicted octanol–water partition coefficient (Wildman–Crippen LogP) is 2.61. The van der Waals surface area contributed by atoms with Gasteiger partial charge in [-0.25, -0.2) is 4.39 Å². The highest BCUT2D eigenvalue weighted by molar-refractivity contribution is 5.85. The van der Waals surface area contributed by atoms with Crippen molar-refractivity contribution in [2.24, 2.45) is 0 Å². The summed E-state index contributed by atoms with van der Waals surface area (Å²) >= 11 is 0. The summed E-state index contributed by atoms with van der Waals surface area (Å²) in [5.74, 6) is -0.264. The molecule has 3 nitrogen and oxygen atoms in total. The zero-order valence-electron chi connectivity index (χ0n) is 12.4. The number of benzene rings is 1. The summed E-state index contributed by atoms with van der Waals surface area (Å²) in [7, 11) is 0. The largest absolute Gasteiger partial charge is 0.340 e. The number of halogens is 1. The van der Waals surface area contributed by atoms with Gasteiger partial charge in [0, 0.05) is 45.6 Å². The first-order chi connectivity index (χ1) is 10.2. The maximum atomic E-state index is 14.9. The van der Waals surface area contributed by atoms with Crippen LogP contribution in [0.4, 0.5) is 4.39 Å². The number of hydrogen-bond donors (Lipinski definition) is 0. The second-order valence-corrected chi connectivity index (χ2v) is 6.23. The Bertz CT molecular complexity index is 477. The second-order valence-electron chi connectivity index (χ2n) is 6.23. The Morgan fingerprint density at radius 2 is 1.67 bits per heavy atom. The van der Waals surface area contributed by atoms with Crippen LogP contribution < -0.4 is 0 Å². The highest BCUT2D eigenvalue weighted by Crippen LogP contribution is 2.30. The first-order valence-electron chi connectivity index (χ1n) is 7.92. The third-order valence-corrected chi connectivity index (χ3v) is 4.67. The minimum Gasteiger partial charge on any atom is -0.340 e. The van der Waals surface area contributed by atoms with Gasteiger partial charge in [-0.1, -0.05) is 30.3 Å². The molecule has 1 aromatic rings. The molecule has 2 aliphatic heterocycles. The number of nitrogens with zero attached hydrogens (tertiary/aromatic N) is 2. The summed E-state index contributed by atoms with van der Waals surface area (Å²) in [5, 5.41) is 0. The molecule has 2 heterocycles. The van der Waals surface area contributed by atoms with Gasteiger partial charge in [0.1, 0.15) is 0 Å². The van der Waals surface area contributed by atoms with E-state index >= 15 is 0 Å². The molecule has 1 amide bonds. The Morgan fingerprint density at radius 1 is 1.05 bits per heavy atom. The molecule has 0 atom stereocenters. The molecule has 0 N–H and O–H groups in total. The Hall–Kier alpha value is -1.42. The van der Waals surface area contributed by atoms with E-state index in [1.807, 2.05) is 18.2 Å². The van der Waals surface area contributed by atoms with Gasteiger partial charge in [-0.2, -0.15) is 0 Å². The number of alkyl halides is 1. The lowest BCUT2D eigenvalue weighted by atomic mass is 9.91. The van der Waals surface area contributed by atoms with Gasteiger partial charge in [0.05, 0.1) is 0 Å². The molecule has 21 heavy (non-hydrogen) atoms. The number of piperidine rings is 1. The third kappa shape index (κ3) is 3.26. The van der Waals surface area contributed by atoms with Gasteiger partial charge in [0.2, 0.25) is 0 Å². The molecule has 2 aliphatic rings. The van der Waals surface area contributed by atoms with Crippen LogP contribution in [0.5, 0.6) is 0 Å². The summed E-state index contributed by atoms with van der Waals surface area (Å²) in [6.45, 7) is 3.63. The smallest absolute Gasteiger partial charge is 0.260 e. The monoisotopic (exact) mass is 290 g/mol. The molecular weight excluding hydrogens is 267 g/mol. The zero-order chi connectivity index (χ0) is 14.7. The van der Waals surface area contributed by atoms with E-state index in [1.54, 1.807) is 4.90 Å². The predicted molar refractivity (Wildman–Crippen MR) is 80.6 cm³/mol. The molecule has 4 heteroatoms. The maximum Gasteiger partial charge on any atom is 0.260 e. The van der Waals surface area contributed by atoms with E-state index in [2.05, 4.69) is 17.0 Å². The molecule has 0 saturated carbocycles. The molecule has 0 radical (unpaired) electrons.